The predicted octanol–water partition coefficient (Wildman–Crippen LogP) is 5.90. The van der Waals surface area contributed by atoms with Crippen LogP contribution in [0.4, 0.5) is 0 Å². The lowest BCUT2D eigenvalue weighted by Crippen LogP contribution is -2.41. The van der Waals surface area contributed by atoms with Crippen LogP contribution in [0.25, 0.3) is 0 Å². The normalized spacial score (nSPS) is 10.6. The van der Waals surface area contributed by atoms with Gasteiger partial charge in [0.2, 0.25) is 0 Å². The summed E-state index contributed by atoms with van der Waals surface area (Å²) < 4.78 is 11.5. The second-order valence-corrected chi connectivity index (χ2v) is 8.28. The molecule has 3 rings (SSSR count). The third-order valence-electron chi connectivity index (χ3n) is 5.65. The molecule has 3 aromatic rings. The van der Waals surface area contributed by atoms with Crippen LogP contribution < -0.4 is 20.1 Å². The molecule has 0 atom stereocenters. The zero-order chi connectivity index (χ0) is 24.9. The highest BCUT2D eigenvalue weighted by molar-refractivity contribution is 5.96. The van der Waals surface area contributed by atoms with Gasteiger partial charge in [-0.05, 0) is 48.4 Å². The minimum atomic E-state index is -0.770. The van der Waals surface area contributed by atoms with Crippen LogP contribution in [0.15, 0.2) is 78.9 Å². The summed E-state index contributed by atoms with van der Waals surface area (Å²) >= 11 is 0. The number of unbranched alkanes of at least 4 members (excludes halogenated alkanes) is 4. The molecule has 6 heteroatoms. The third-order valence-corrected chi connectivity index (χ3v) is 5.65. The van der Waals surface area contributed by atoms with Gasteiger partial charge in [0.15, 0.2) is 11.5 Å². The number of hydrogen-bond donors (Lipinski definition) is 2. The average Bonchev–Trinajstić information content (AvgIpc) is 2.91. The topological polar surface area (TPSA) is 76.7 Å². The van der Waals surface area contributed by atoms with Gasteiger partial charge in [0, 0.05) is 11.1 Å². The highest BCUT2D eigenvalue weighted by atomic mass is 16.5. The Morgan fingerprint density at radius 2 is 1.31 bits per heavy atom. The van der Waals surface area contributed by atoms with E-state index >= 15 is 0 Å². The predicted molar refractivity (Wildman–Crippen MR) is 138 cm³/mol. The molecule has 0 radical (unpaired) electrons. The van der Waals surface area contributed by atoms with Crippen LogP contribution in [-0.2, 0) is 0 Å². The van der Waals surface area contributed by atoms with E-state index in [1.54, 1.807) is 61.7 Å². The smallest absolute Gasteiger partial charge is 0.253 e. The molecule has 0 aliphatic heterocycles. The Kier molecular flexibility index (Phi) is 10.2. The Hall–Kier alpha value is -3.80. The Balaban J connectivity index is 1.80. The number of rotatable bonds is 13. The number of amides is 2. The molecule has 0 saturated heterocycles. The molecule has 0 aromatic heterocycles. The molecule has 0 spiro atoms. The van der Waals surface area contributed by atoms with Crippen molar-refractivity contribution >= 4 is 11.8 Å². The Bertz CT molecular complexity index is 1020. The standard InChI is InChI=1S/C29H34N2O4/c1-3-4-5-6-13-20-35-26-21-24(18-19-25(26)34-2)27(30-28(32)22-14-9-7-10-15-22)31-29(33)23-16-11-8-12-17-23/h7-12,14-19,21,27H,3-6,13,20H2,1-2H3,(H,30,32)(H,31,33). The minimum absolute atomic E-state index is 0.293. The van der Waals surface area contributed by atoms with Crippen LogP contribution in [-0.4, -0.2) is 25.5 Å². The minimum Gasteiger partial charge on any atom is -0.493 e. The molecule has 0 unspecified atom stereocenters. The molecule has 0 aliphatic rings. The van der Waals surface area contributed by atoms with Crippen molar-refractivity contribution in [1.82, 2.24) is 10.6 Å². The number of hydrogen-bond acceptors (Lipinski definition) is 4. The van der Waals surface area contributed by atoms with Crippen molar-refractivity contribution in [2.75, 3.05) is 13.7 Å². The van der Waals surface area contributed by atoms with Crippen molar-refractivity contribution in [3.63, 3.8) is 0 Å². The fourth-order valence-electron chi connectivity index (χ4n) is 3.68. The first kappa shape index (κ1) is 25.8. The third kappa shape index (κ3) is 7.88. The van der Waals surface area contributed by atoms with Crippen LogP contribution in [0.3, 0.4) is 0 Å². The highest BCUT2D eigenvalue weighted by Crippen LogP contribution is 2.30. The number of nitrogens with one attached hydrogen (secondary N) is 2. The number of benzene rings is 3. The molecule has 3 aromatic carbocycles. The molecule has 2 amide bonds. The monoisotopic (exact) mass is 474 g/mol. The van der Waals surface area contributed by atoms with Crippen LogP contribution in [0.2, 0.25) is 0 Å². The van der Waals surface area contributed by atoms with Gasteiger partial charge in [0.05, 0.1) is 13.7 Å². The lowest BCUT2D eigenvalue weighted by Gasteiger charge is -2.22. The molecule has 0 bridgehead atoms. The first-order valence-electron chi connectivity index (χ1n) is 12.1. The van der Waals surface area contributed by atoms with Crippen molar-refractivity contribution in [1.29, 1.82) is 0 Å². The van der Waals surface area contributed by atoms with Crippen LogP contribution in [0, 0.1) is 0 Å². The Labute approximate surface area is 207 Å². The van der Waals surface area contributed by atoms with Gasteiger partial charge in [0.25, 0.3) is 11.8 Å². The van der Waals surface area contributed by atoms with E-state index < -0.39 is 6.17 Å². The van der Waals surface area contributed by atoms with E-state index in [-0.39, 0.29) is 11.8 Å². The van der Waals surface area contributed by atoms with Gasteiger partial charge < -0.3 is 20.1 Å². The molecular weight excluding hydrogens is 440 g/mol. The van der Waals surface area contributed by atoms with E-state index in [1.807, 2.05) is 24.3 Å². The van der Waals surface area contributed by atoms with E-state index in [1.165, 1.54) is 19.3 Å². The first-order valence-corrected chi connectivity index (χ1v) is 12.1. The highest BCUT2D eigenvalue weighted by Gasteiger charge is 2.21. The maximum Gasteiger partial charge on any atom is 0.253 e. The quantitative estimate of drug-likeness (QED) is 0.239. The van der Waals surface area contributed by atoms with E-state index in [4.69, 9.17) is 9.47 Å². The van der Waals surface area contributed by atoms with E-state index in [0.29, 0.717) is 34.8 Å². The summed E-state index contributed by atoms with van der Waals surface area (Å²) in [5.41, 5.74) is 1.69. The van der Waals surface area contributed by atoms with Gasteiger partial charge >= 0.3 is 0 Å². The van der Waals surface area contributed by atoms with Gasteiger partial charge in [-0.2, -0.15) is 0 Å². The summed E-state index contributed by atoms with van der Waals surface area (Å²) in [6.45, 7) is 2.76. The van der Waals surface area contributed by atoms with Crippen molar-refractivity contribution in [3.8, 4) is 11.5 Å². The average molecular weight is 475 g/mol. The molecule has 0 fully saturated rings. The summed E-state index contributed by atoms with van der Waals surface area (Å²) in [5, 5.41) is 5.88. The second-order valence-electron chi connectivity index (χ2n) is 8.28. The maximum absolute atomic E-state index is 12.9. The molecule has 0 aliphatic carbocycles. The SMILES string of the molecule is CCCCCCCOc1cc(C(NC(=O)c2ccccc2)NC(=O)c2ccccc2)ccc1OC. The molecule has 184 valence electrons. The van der Waals surface area contributed by atoms with Gasteiger partial charge in [-0.1, -0.05) is 75.1 Å². The summed E-state index contributed by atoms with van der Waals surface area (Å²) in [6, 6.07) is 23.2. The molecular formula is C29H34N2O4. The van der Waals surface area contributed by atoms with Crippen molar-refractivity contribution in [3.05, 3.63) is 95.6 Å². The van der Waals surface area contributed by atoms with E-state index in [2.05, 4.69) is 17.6 Å². The zero-order valence-corrected chi connectivity index (χ0v) is 20.5. The van der Waals surface area contributed by atoms with Crippen molar-refractivity contribution in [2.24, 2.45) is 0 Å². The van der Waals surface area contributed by atoms with Crippen LogP contribution in [0.5, 0.6) is 11.5 Å². The lowest BCUT2D eigenvalue weighted by molar-refractivity contribution is 0.0883. The molecule has 6 nitrogen and oxygen atoms in total. The van der Waals surface area contributed by atoms with Gasteiger partial charge in [-0.15, -0.1) is 0 Å². The molecule has 35 heavy (non-hydrogen) atoms. The van der Waals surface area contributed by atoms with Crippen LogP contribution >= 0.6 is 0 Å². The van der Waals surface area contributed by atoms with Gasteiger partial charge in [-0.3, -0.25) is 9.59 Å². The first-order chi connectivity index (χ1) is 17.1. The number of methoxy groups -OCH3 is 1. The summed E-state index contributed by atoms with van der Waals surface area (Å²) in [6.07, 6.45) is 4.90. The largest absolute Gasteiger partial charge is 0.493 e. The van der Waals surface area contributed by atoms with E-state index in [9.17, 15) is 9.59 Å². The number of carbonyl (C=O) groups is 2. The molecule has 0 saturated carbocycles. The summed E-state index contributed by atoms with van der Waals surface area (Å²) in [5.74, 6) is 0.592. The van der Waals surface area contributed by atoms with Gasteiger partial charge in [0.1, 0.15) is 6.17 Å². The van der Waals surface area contributed by atoms with Gasteiger partial charge in [-0.25, -0.2) is 0 Å². The lowest BCUT2D eigenvalue weighted by atomic mass is 10.1. The molecule has 2 N–H and O–H groups in total. The van der Waals surface area contributed by atoms with E-state index in [0.717, 1.165) is 12.8 Å². The number of carbonyl (C=O) groups excluding carboxylic acids is 2. The Morgan fingerprint density at radius 1 is 0.743 bits per heavy atom. The Morgan fingerprint density at radius 3 is 1.86 bits per heavy atom. The number of ether oxygens (including phenoxy) is 2. The fraction of sp³-hybridized carbons (Fsp3) is 0.310. The zero-order valence-electron chi connectivity index (χ0n) is 20.5. The second kappa shape index (κ2) is 13.8. The van der Waals surface area contributed by atoms with Crippen LogP contribution in [0.1, 0.15) is 71.5 Å². The summed E-state index contributed by atoms with van der Waals surface area (Å²) in [7, 11) is 1.59. The van der Waals surface area contributed by atoms with Crippen molar-refractivity contribution < 1.29 is 19.1 Å². The van der Waals surface area contributed by atoms with Crippen molar-refractivity contribution in [2.45, 2.75) is 45.2 Å². The molecule has 0 heterocycles. The summed E-state index contributed by atoms with van der Waals surface area (Å²) in [4.78, 5) is 25.9. The fourth-order valence-corrected chi connectivity index (χ4v) is 3.68. The maximum atomic E-state index is 12.9.